The average Bonchev–Trinajstić information content (AvgIpc) is 2.69. The molecule has 0 aliphatic heterocycles. The van der Waals surface area contributed by atoms with Crippen LogP contribution in [0.1, 0.15) is 41.1 Å². The highest BCUT2D eigenvalue weighted by molar-refractivity contribution is 5.64. The van der Waals surface area contributed by atoms with E-state index in [9.17, 15) is 0 Å². The molecule has 0 saturated carbocycles. The largest absolute Gasteiger partial charge is 0.488 e. The molecule has 4 N–H and O–H groups in total. The number of aromatic nitrogens is 2. The van der Waals surface area contributed by atoms with Gasteiger partial charge < -0.3 is 16.2 Å². The Morgan fingerprint density at radius 3 is 2.67 bits per heavy atom. The standard InChI is InChI=1S/C22H24N4O/c23-17-10-19(24)18(21(11-17)27-14-15-6-2-1-3-7-15)12-22-25-13-16-8-4-5-9-20(16)26-22/h1-3,6-7,10-11,13H,4-5,8-9,12,14,23-24H2. The van der Waals surface area contributed by atoms with E-state index in [4.69, 9.17) is 21.2 Å². The van der Waals surface area contributed by atoms with Gasteiger partial charge in [-0.3, -0.25) is 0 Å². The number of nitrogen functional groups attached to an aromatic ring is 2. The van der Waals surface area contributed by atoms with Gasteiger partial charge in [0.05, 0.1) is 0 Å². The molecule has 0 saturated heterocycles. The predicted molar refractivity (Wildman–Crippen MR) is 108 cm³/mol. The number of anilines is 2. The van der Waals surface area contributed by atoms with E-state index >= 15 is 0 Å². The lowest BCUT2D eigenvalue weighted by Gasteiger charge is -2.17. The van der Waals surface area contributed by atoms with Crippen LogP contribution in [0.3, 0.4) is 0 Å². The van der Waals surface area contributed by atoms with Crippen molar-refractivity contribution in [1.82, 2.24) is 9.97 Å². The maximum absolute atomic E-state index is 6.26. The van der Waals surface area contributed by atoms with Crippen molar-refractivity contribution in [1.29, 1.82) is 0 Å². The zero-order chi connectivity index (χ0) is 18.6. The van der Waals surface area contributed by atoms with Crippen LogP contribution in [0, 0.1) is 0 Å². The first-order valence-electron chi connectivity index (χ1n) is 9.37. The number of rotatable bonds is 5. The lowest BCUT2D eigenvalue weighted by atomic mass is 9.97. The average molecular weight is 360 g/mol. The van der Waals surface area contributed by atoms with Crippen LogP contribution in [0.4, 0.5) is 11.4 Å². The van der Waals surface area contributed by atoms with E-state index in [2.05, 4.69) is 4.98 Å². The molecule has 0 radical (unpaired) electrons. The van der Waals surface area contributed by atoms with E-state index in [0.29, 0.717) is 30.2 Å². The van der Waals surface area contributed by atoms with Gasteiger partial charge >= 0.3 is 0 Å². The third-order valence-electron chi connectivity index (χ3n) is 4.95. The molecule has 4 rings (SSSR count). The molecule has 1 aromatic heterocycles. The lowest BCUT2D eigenvalue weighted by molar-refractivity contribution is 0.303. The summed E-state index contributed by atoms with van der Waals surface area (Å²) < 4.78 is 6.05. The Bertz CT molecular complexity index is 941. The number of hydrogen-bond donors (Lipinski definition) is 2. The molecule has 0 fully saturated rings. The minimum atomic E-state index is 0.460. The summed E-state index contributed by atoms with van der Waals surface area (Å²) in [6, 6.07) is 13.6. The molecule has 1 aliphatic rings. The van der Waals surface area contributed by atoms with Crippen molar-refractivity contribution in [2.45, 2.75) is 38.7 Å². The summed E-state index contributed by atoms with van der Waals surface area (Å²) in [6.07, 6.45) is 7.01. The van der Waals surface area contributed by atoms with Crippen LogP contribution in [-0.4, -0.2) is 9.97 Å². The van der Waals surface area contributed by atoms with Crippen LogP contribution in [0.15, 0.2) is 48.7 Å². The van der Waals surface area contributed by atoms with Gasteiger partial charge in [-0.25, -0.2) is 9.97 Å². The molecule has 5 heteroatoms. The molecular formula is C22H24N4O. The van der Waals surface area contributed by atoms with Gasteiger partial charge in [0.15, 0.2) is 0 Å². The van der Waals surface area contributed by atoms with E-state index < -0.39 is 0 Å². The van der Waals surface area contributed by atoms with Crippen molar-refractivity contribution in [2.75, 3.05) is 11.5 Å². The number of ether oxygens (including phenoxy) is 1. The van der Waals surface area contributed by atoms with Crippen LogP contribution < -0.4 is 16.2 Å². The van der Waals surface area contributed by atoms with Gasteiger partial charge in [0.2, 0.25) is 0 Å². The van der Waals surface area contributed by atoms with Crippen LogP contribution in [-0.2, 0) is 25.9 Å². The molecule has 1 heterocycles. The topological polar surface area (TPSA) is 87.1 Å². The first kappa shape index (κ1) is 17.3. The lowest BCUT2D eigenvalue weighted by Crippen LogP contribution is -2.11. The van der Waals surface area contributed by atoms with Crippen molar-refractivity contribution in [3.63, 3.8) is 0 Å². The molecule has 5 nitrogen and oxygen atoms in total. The van der Waals surface area contributed by atoms with Crippen molar-refractivity contribution < 1.29 is 4.74 Å². The number of nitrogens with two attached hydrogens (primary N) is 2. The van der Waals surface area contributed by atoms with Gasteiger partial charge in [-0.1, -0.05) is 30.3 Å². The molecule has 0 unspecified atom stereocenters. The van der Waals surface area contributed by atoms with Crippen molar-refractivity contribution in [3.8, 4) is 5.75 Å². The molecular weight excluding hydrogens is 336 g/mol. The Labute approximate surface area is 159 Å². The maximum atomic E-state index is 6.26. The fourth-order valence-corrected chi connectivity index (χ4v) is 3.50. The molecule has 27 heavy (non-hydrogen) atoms. The molecule has 1 aliphatic carbocycles. The van der Waals surface area contributed by atoms with Crippen molar-refractivity contribution in [3.05, 3.63) is 76.9 Å². The molecule has 0 amide bonds. The van der Waals surface area contributed by atoms with E-state index in [1.165, 1.54) is 24.1 Å². The fraction of sp³-hybridized carbons (Fsp3) is 0.273. The maximum Gasteiger partial charge on any atom is 0.133 e. The molecule has 138 valence electrons. The summed E-state index contributed by atoms with van der Waals surface area (Å²) in [4.78, 5) is 9.33. The summed E-state index contributed by atoms with van der Waals surface area (Å²) in [6.45, 7) is 0.460. The predicted octanol–water partition coefficient (Wildman–Crippen LogP) is 3.69. The first-order valence-corrected chi connectivity index (χ1v) is 9.37. The zero-order valence-electron chi connectivity index (χ0n) is 15.3. The van der Waals surface area contributed by atoms with E-state index in [1.807, 2.05) is 42.6 Å². The quantitative estimate of drug-likeness (QED) is 0.678. The Hall–Kier alpha value is -3.08. The Balaban J connectivity index is 1.59. The monoisotopic (exact) mass is 360 g/mol. The molecule has 3 aromatic rings. The van der Waals surface area contributed by atoms with Crippen molar-refractivity contribution >= 4 is 11.4 Å². The van der Waals surface area contributed by atoms with Gasteiger partial charge in [0.25, 0.3) is 0 Å². The van der Waals surface area contributed by atoms with E-state index in [0.717, 1.165) is 29.8 Å². The normalized spacial score (nSPS) is 13.2. The summed E-state index contributed by atoms with van der Waals surface area (Å²) in [5.74, 6) is 1.47. The zero-order valence-corrected chi connectivity index (χ0v) is 15.3. The third kappa shape index (κ3) is 4.03. The van der Waals surface area contributed by atoms with Crippen LogP contribution >= 0.6 is 0 Å². The fourth-order valence-electron chi connectivity index (χ4n) is 3.50. The Morgan fingerprint density at radius 1 is 1.00 bits per heavy atom. The second kappa shape index (κ2) is 7.66. The van der Waals surface area contributed by atoms with Gasteiger partial charge in [-0.2, -0.15) is 0 Å². The minimum Gasteiger partial charge on any atom is -0.488 e. The molecule has 0 bridgehead atoms. The van der Waals surface area contributed by atoms with Crippen LogP contribution in [0.5, 0.6) is 5.75 Å². The van der Waals surface area contributed by atoms with Crippen LogP contribution in [0.25, 0.3) is 0 Å². The van der Waals surface area contributed by atoms with Gasteiger partial charge in [-0.05, 0) is 42.9 Å². The second-order valence-corrected chi connectivity index (χ2v) is 7.00. The highest BCUT2D eigenvalue weighted by atomic mass is 16.5. The smallest absolute Gasteiger partial charge is 0.133 e. The third-order valence-corrected chi connectivity index (χ3v) is 4.95. The Morgan fingerprint density at radius 2 is 1.81 bits per heavy atom. The molecule has 0 spiro atoms. The van der Waals surface area contributed by atoms with Gasteiger partial charge in [-0.15, -0.1) is 0 Å². The minimum absolute atomic E-state index is 0.460. The van der Waals surface area contributed by atoms with Crippen LogP contribution in [0.2, 0.25) is 0 Å². The summed E-state index contributed by atoms with van der Waals surface area (Å²) >= 11 is 0. The number of fused-ring (bicyclic) bond motifs is 1. The molecule has 2 aromatic carbocycles. The van der Waals surface area contributed by atoms with E-state index in [1.54, 1.807) is 6.07 Å². The second-order valence-electron chi connectivity index (χ2n) is 7.00. The molecule has 0 atom stereocenters. The first-order chi connectivity index (χ1) is 13.2. The highest BCUT2D eigenvalue weighted by Crippen LogP contribution is 2.31. The van der Waals surface area contributed by atoms with Gasteiger partial charge in [0.1, 0.15) is 18.2 Å². The summed E-state index contributed by atoms with van der Waals surface area (Å²) in [5, 5.41) is 0. The Kier molecular flexibility index (Phi) is 4.92. The van der Waals surface area contributed by atoms with E-state index in [-0.39, 0.29) is 0 Å². The summed E-state index contributed by atoms with van der Waals surface area (Å²) in [5.41, 5.74) is 17.9. The number of nitrogens with zero attached hydrogens (tertiary/aromatic N) is 2. The number of aryl methyl sites for hydroxylation is 2. The number of benzene rings is 2. The number of hydrogen-bond acceptors (Lipinski definition) is 5. The highest BCUT2D eigenvalue weighted by Gasteiger charge is 2.16. The SMILES string of the molecule is Nc1cc(N)c(Cc2ncc3c(n2)CCCC3)c(OCc2ccccc2)c1. The van der Waals surface area contributed by atoms with Gasteiger partial charge in [0, 0.05) is 41.3 Å². The summed E-state index contributed by atoms with van der Waals surface area (Å²) in [7, 11) is 0. The van der Waals surface area contributed by atoms with Crippen molar-refractivity contribution in [2.24, 2.45) is 0 Å².